The number of ether oxygens (including phenoxy) is 2. The van der Waals surface area contributed by atoms with Gasteiger partial charge in [0.25, 0.3) is 0 Å². The van der Waals surface area contributed by atoms with E-state index in [2.05, 4.69) is 33.8 Å². The van der Waals surface area contributed by atoms with E-state index in [0.717, 1.165) is 34.5 Å². The van der Waals surface area contributed by atoms with Crippen molar-refractivity contribution >= 4 is 50.6 Å². The van der Waals surface area contributed by atoms with Gasteiger partial charge in [-0.05, 0) is 43.4 Å². The summed E-state index contributed by atoms with van der Waals surface area (Å²) in [6, 6.07) is 5.43. The van der Waals surface area contributed by atoms with Gasteiger partial charge < -0.3 is 14.8 Å². The Morgan fingerprint density at radius 2 is 2.00 bits per heavy atom. The highest BCUT2D eigenvalue weighted by molar-refractivity contribution is 7.99. The number of thioether (sulfide) groups is 1. The van der Waals surface area contributed by atoms with Crippen LogP contribution in [0.15, 0.2) is 23.4 Å². The number of thiophene rings is 1. The van der Waals surface area contributed by atoms with Crippen molar-refractivity contribution in [2.24, 2.45) is 0 Å². The van der Waals surface area contributed by atoms with Crippen LogP contribution in [0.1, 0.15) is 48.9 Å². The van der Waals surface area contributed by atoms with Crippen LogP contribution < -0.4 is 14.8 Å². The van der Waals surface area contributed by atoms with Gasteiger partial charge in [-0.1, -0.05) is 25.6 Å². The molecule has 176 valence electrons. The molecule has 0 saturated heterocycles. The fourth-order valence-electron chi connectivity index (χ4n) is 4.58. The van der Waals surface area contributed by atoms with Gasteiger partial charge in [0.2, 0.25) is 5.91 Å². The average molecular weight is 496 g/mol. The Hall–Kier alpha value is -2.85. The molecular weight excluding hydrogens is 470 g/mol. The summed E-state index contributed by atoms with van der Waals surface area (Å²) >= 11 is 3.18. The van der Waals surface area contributed by atoms with E-state index in [4.69, 9.17) is 14.5 Å². The van der Waals surface area contributed by atoms with Gasteiger partial charge >= 0.3 is 0 Å². The summed E-state index contributed by atoms with van der Waals surface area (Å²) in [5.41, 5.74) is 2.93. The molecule has 0 fully saturated rings. The van der Waals surface area contributed by atoms with Gasteiger partial charge in [0, 0.05) is 22.5 Å². The van der Waals surface area contributed by atoms with Crippen LogP contribution in [0.4, 0.5) is 5.69 Å². The van der Waals surface area contributed by atoms with Crippen LogP contribution in [-0.4, -0.2) is 44.5 Å². The van der Waals surface area contributed by atoms with Gasteiger partial charge in [-0.3, -0.25) is 9.20 Å². The van der Waals surface area contributed by atoms with E-state index < -0.39 is 0 Å². The number of carbonyl (C=O) groups is 1. The maximum absolute atomic E-state index is 12.7. The van der Waals surface area contributed by atoms with E-state index >= 15 is 0 Å². The Bertz CT molecular complexity index is 1410. The first-order valence-corrected chi connectivity index (χ1v) is 13.4. The molecule has 0 radical (unpaired) electrons. The summed E-state index contributed by atoms with van der Waals surface area (Å²) < 4.78 is 13.2. The number of aryl methyl sites for hydroxylation is 2. The van der Waals surface area contributed by atoms with Crippen molar-refractivity contribution in [2.75, 3.05) is 24.3 Å². The molecule has 1 aliphatic carbocycles. The van der Waals surface area contributed by atoms with Crippen LogP contribution in [-0.2, 0) is 17.6 Å². The van der Waals surface area contributed by atoms with Crippen molar-refractivity contribution in [2.45, 2.75) is 50.6 Å². The van der Waals surface area contributed by atoms with Crippen molar-refractivity contribution in [3.05, 3.63) is 34.5 Å². The van der Waals surface area contributed by atoms with Crippen molar-refractivity contribution < 1.29 is 14.3 Å². The van der Waals surface area contributed by atoms with E-state index in [0.29, 0.717) is 35.6 Å². The first kappa shape index (κ1) is 21.7. The van der Waals surface area contributed by atoms with Crippen LogP contribution in [0.5, 0.6) is 11.5 Å². The summed E-state index contributed by atoms with van der Waals surface area (Å²) in [5, 5.41) is 13.8. The first-order chi connectivity index (χ1) is 16.6. The summed E-state index contributed by atoms with van der Waals surface area (Å²) in [6.07, 6.45) is 4.63. The molecule has 8 nitrogen and oxygen atoms in total. The Labute approximate surface area is 205 Å². The number of hydrogen-bond acceptors (Lipinski definition) is 8. The van der Waals surface area contributed by atoms with Gasteiger partial charge in [-0.2, -0.15) is 0 Å². The minimum Gasteiger partial charge on any atom is -0.486 e. The van der Waals surface area contributed by atoms with Crippen LogP contribution >= 0.6 is 23.1 Å². The fourth-order valence-corrected chi connectivity index (χ4v) is 6.59. The SMILES string of the molecule is CC(C)c1nc2sc3c(c2c2nnc(SCC(=O)Nc4ccc5c(c4)OCCO5)n12)CCCC3. The topological polar surface area (TPSA) is 90.6 Å². The maximum atomic E-state index is 12.7. The van der Waals surface area contributed by atoms with E-state index in [1.165, 1.54) is 35.0 Å². The summed E-state index contributed by atoms with van der Waals surface area (Å²) in [6.45, 7) is 5.30. The van der Waals surface area contributed by atoms with Crippen molar-refractivity contribution in [1.29, 1.82) is 0 Å². The number of amides is 1. The monoisotopic (exact) mass is 495 g/mol. The highest BCUT2D eigenvalue weighted by Gasteiger charge is 2.24. The zero-order valence-corrected chi connectivity index (χ0v) is 20.7. The van der Waals surface area contributed by atoms with E-state index in [9.17, 15) is 4.79 Å². The van der Waals surface area contributed by atoms with Crippen LogP contribution in [0.2, 0.25) is 0 Å². The number of hydrogen-bond donors (Lipinski definition) is 1. The van der Waals surface area contributed by atoms with Crippen LogP contribution in [0.3, 0.4) is 0 Å². The maximum Gasteiger partial charge on any atom is 0.234 e. The molecule has 1 aliphatic heterocycles. The molecule has 1 aromatic carbocycles. The molecule has 0 unspecified atom stereocenters. The molecule has 1 amide bonds. The molecule has 4 heterocycles. The lowest BCUT2D eigenvalue weighted by Gasteiger charge is -2.19. The number of fused-ring (bicyclic) bond motifs is 6. The normalized spacial score (nSPS) is 15.1. The Morgan fingerprint density at radius 3 is 2.85 bits per heavy atom. The van der Waals surface area contributed by atoms with Crippen molar-refractivity contribution in [3.63, 3.8) is 0 Å². The number of nitrogens with one attached hydrogen (secondary N) is 1. The molecule has 0 saturated carbocycles. The van der Waals surface area contributed by atoms with E-state index in [-0.39, 0.29) is 17.6 Å². The number of carbonyl (C=O) groups excluding carboxylic acids is 1. The van der Waals surface area contributed by atoms with Crippen molar-refractivity contribution in [3.8, 4) is 11.5 Å². The van der Waals surface area contributed by atoms with Crippen LogP contribution in [0.25, 0.3) is 15.9 Å². The smallest absolute Gasteiger partial charge is 0.234 e. The van der Waals surface area contributed by atoms with Gasteiger partial charge in [-0.25, -0.2) is 4.98 Å². The Morgan fingerprint density at radius 1 is 1.18 bits per heavy atom. The molecule has 34 heavy (non-hydrogen) atoms. The Kier molecular flexibility index (Phi) is 5.57. The van der Waals surface area contributed by atoms with Gasteiger partial charge in [-0.15, -0.1) is 21.5 Å². The quantitative estimate of drug-likeness (QED) is 0.396. The molecule has 4 aromatic rings. The molecule has 3 aromatic heterocycles. The Balaban J connectivity index is 1.27. The minimum atomic E-state index is -0.119. The number of anilines is 1. The molecule has 6 rings (SSSR count). The highest BCUT2D eigenvalue weighted by Crippen LogP contribution is 2.39. The molecular formula is C24H25N5O3S2. The second kappa shape index (κ2) is 8.74. The molecule has 0 atom stereocenters. The van der Waals surface area contributed by atoms with Crippen molar-refractivity contribution in [1.82, 2.24) is 19.6 Å². The minimum absolute atomic E-state index is 0.119. The van der Waals surface area contributed by atoms with Gasteiger partial charge in [0.15, 0.2) is 22.3 Å². The number of aromatic nitrogens is 4. The van der Waals surface area contributed by atoms with Crippen LogP contribution in [0, 0.1) is 0 Å². The third kappa shape index (κ3) is 3.78. The zero-order valence-electron chi connectivity index (χ0n) is 19.1. The number of rotatable bonds is 5. The standard InChI is InChI=1S/C24H25N5O3S2/c1-13(2)21-26-23-20(15-5-3-4-6-18(15)34-23)22-27-28-24(29(21)22)33-12-19(30)25-14-7-8-16-17(11-14)32-10-9-31-16/h7-8,11,13H,3-6,9-10,12H2,1-2H3,(H,25,30). The summed E-state index contributed by atoms with van der Waals surface area (Å²) in [5.74, 6) is 2.58. The van der Waals surface area contributed by atoms with Gasteiger partial charge in [0.1, 0.15) is 23.9 Å². The molecule has 1 N–H and O–H groups in total. The third-order valence-corrected chi connectivity index (χ3v) is 8.24. The van der Waals surface area contributed by atoms with E-state index in [1.54, 1.807) is 17.4 Å². The third-order valence-electron chi connectivity index (χ3n) is 6.13. The largest absolute Gasteiger partial charge is 0.486 e. The number of benzene rings is 1. The zero-order chi connectivity index (χ0) is 23.2. The average Bonchev–Trinajstić information content (AvgIpc) is 3.43. The van der Waals surface area contributed by atoms with E-state index in [1.807, 2.05) is 12.1 Å². The summed E-state index contributed by atoms with van der Waals surface area (Å²) in [7, 11) is 0. The molecule has 0 bridgehead atoms. The predicted octanol–water partition coefficient (Wildman–Crippen LogP) is 4.84. The predicted molar refractivity (Wildman–Crippen MR) is 134 cm³/mol. The molecule has 0 spiro atoms. The highest BCUT2D eigenvalue weighted by atomic mass is 32.2. The first-order valence-electron chi connectivity index (χ1n) is 11.6. The second-order valence-electron chi connectivity index (χ2n) is 8.85. The number of nitrogens with zero attached hydrogens (tertiary/aromatic N) is 4. The fraction of sp³-hybridized carbons (Fsp3) is 0.417. The molecule has 10 heteroatoms. The lowest BCUT2D eigenvalue weighted by atomic mass is 9.97. The molecule has 2 aliphatic rings. The lowest BCUT2D eigenvalue weighted by molar-refractivity contribution is -0.113. The lowest BCUT2D eigenvalue weighted by Crippen LogP contribution is -2.17. The summed E-state index contributed by atoms with van der Waals surface area (Å²) in [4.78, 5) is 20.3. The second-order valence-corrected chi connectivity index (χ2v) is 10.9. The van der Waals surface area contributed by atoms with Gasteiger partial charge in [0.05, 0.1) is 11.1 Å².